The molecule has 1 heterocycles. The molecule has 1 aromatic heterocycles. The number of carbonyl (C=O) groups is 2. The van der Waals surface area contributed by atoms with Crippen molar-refractivity contribution in [3.63, 3.8) is 0 Å². The van der Waals surface area contributed by atoms with Crippen LogP contribution in [-0.4, -0.2) is 21.4 Å². The summed E-state index contributed by atoms with van der Waals surface area (Å²) < 4.78 is 15.0. The van der Waals surface area contributed by atoms with Gasteiger partial charge in [0.15, 0.2) is 0 Å². The smallest absolute Gasteiger partial charge is 0.257 e. The number of imidazole rings is 1. The van der Waals surface area contributed by atoms with E-state index in [0.717, 1.165) is 11.1 Å². The van der Waals surface area contributed by atoms with Gasteiger partial charge in [0.1, 0.15) is 5.82 Å². The van der Waals surface area contributed by atoms with Crippen molar-refractivity contribution < 1.29 is 14.0 Å². The Morgan fingerprint density at radius 2 is 1.81 bits per heavy atom. The molecule has 0 aliphatic rings. The van der Waals surface area contributed by atoms with Crippen molar-refractivity contribution in [1.29, 1.82) is 0 Å². The summed E-state index contributed by atoms with van der Waals surface area (Å²) in [6.07, 6.45) is 1.19. The number of anilines is 2. The van der Waals surface area contributed by atoms with Gasteiger partial charge in [-0.25, -0.2) is 9.37 Å². The van der Waals surface area contributed by atoms with Crippen molar-refractivity contribution in [2.45, 2.75) is 6.92 Å². The minimum Gasteiger partial charge on any atom is -0.322 e. The Morgan fingerprint density at radius 3 is 2.55 bits per heavy atom. The first-order valence-electron chi connectivity index (χ1n) is 9.54. The molecule has 0 fully saturated rings. The van der Waals surface area contributed by atoms with Gasteiger partial charge in [0.25, 0.3) is 5.91 Å². The number of amides is 2. The van der Waals surface area contributed by atoms with Crippen molar-refractivity contribution in [1.82, 2.24) is 9.55 Å². The van der Waals surface area contributed by atoms with Crippen LogP contribution in [0.25, 0.3) is 16.7 Å². The van der Waals surface area contributed by atoms with Crippen molar-refractivity contribution in [3.8, 4) is 5.69 Å². The van der Waals surface area contributed by atoms with Gasteiger partial charge in [0.05, 0.1) is 16.7 Å². The summed E-state index contributed by atoms with van der Waals surface area (Å²) in [4.78, 5) is 29.0. The number of carbonyl (C=O) groups excluding carboxylic acids is 2. The van der Waals surface area contributed by atoms with E-state index < -0.39 is 11.7 Å². The number of rotatable bonds is 5. The van der Waals surface area contributed by atoms with Crippen molar-refractivity contribution in [2.24, 2.45) is 0 Å². The highest BCUT2D eigenvalue weighted by atomic mass is 19.1. The highest BCUT2D eigenvalue weighted by Crippen LogP contribution is 2.27. The van der Waals surface area contributed by atoms with Crippen LogP contribution in [0.3, 0.4) is 0 Å². The number of benzene rings is 3. The first-order valence-corrected chi connectivity index (χ1v) is 9.54. The van der Waals surface area contributed by atoms with Gasteiger partial charge in [0, 0.05) is 11.3 Å². The molecule has 31 heavy (non-hydrogen) atoms. The van der Waals surface area contributed by atoms with Gasteiger partial charge in [-0.1, -0.05) is 18.7 Å². The molecule has 0 unspecified atom stereocenters. The second kappa shape index (κ2) is 8.23. The number of hydrogen-bond acceptors (Lipinski definition) is 3. The number of nitrogens with zero attached hydrogens (tertiary/aromatic N) is 2. The molecule has 0 radical (unpaired) electrons. The first kappa shape index (κ1) is 20.0. The highest BCUT2D eigenvalue weighted by Gasteiger charge is 2.16. The van der Waals surface area contributed by atoms with Gasteiger partial charge in [-0.2, -0.15) is 0 Å². The topological polar surface area (TPSA) is 76.0 Å². The average molecular weight is 414 g/mol. The molecular weight excluding hydrogens is 395 g/mol. The van der Waals surface area contributed by atoms with Crippen LogP contribution in [0.4, 0.5) is 16.0 Å². The summed E-state index contributed by atoms with van der Waals surface area (Å²) in [7, 11) is 0. The van der Waals surface area contributed by atoms with Crippen LogP contribution in [0.2, 0.25) is 0 Å². The molecule has 0 aliphatic carbocycles. The normalized spacial score (nSPS) is 10.6. The molecule has 154 valence electrons. The Balaban J connectivity index is 1.79. The van der Waals surface area contributed by atoms with Gasteiger partial charge < -0.3 is 5.32 Å². The van der Waals surface area contributed by atoms with E-state index in [4.69, 9.17) is 0 Å². The van der Waals surface area contributed by atoms with Gasteiger partial charge >= 0.3 is 0 Å². The largest absolute Gasteiger partial charge is 0.322 e. The Hall–Kier alpha value is -4.26. The molecule has 2 N–H and O–H groups in total. The maximum Gasteiger partial charge on any atom is 0.257 e. The Morgan fingerprint density at radius 1 is 1.03 bits per heavy atom. The Labute approximate surface area is 178 Å². The number of aromatic nitrogens is 2. The van der Waals surface area contributed by atoms with E-state index in [9.17, 15) is 14.0 Å². The van der Waals surface area contributed by atoms with Crippen LogP contribution in [0.1, 0.15) is 15.9 Å². The molecule has 7 heteroatoms. The fourth-order valence-corrected chi connectivity index (χ4v) is 3.23. The molecule has 6 nitrogen and oxygen atoms in total. The summed E-state index contributed by atoms with van der Waals surface area (Å²) in [5, 5.41) is 5.54. The Kier molecular flexibility index (Phi) is 5.32. The molecule has 4 aromatic rings. The molecule has 0 aliphatic heterocycles. The number of halogens is 1. The van der Waals surface area contributed by atoms with E-state index in [2.05, 4.69) is 22.2 Å². The molecule has 0 saturated heterocycles. The zero-order valence-electron chi connectivity index (χ0n) is 16.7. The molecule has 0 bridgehead atoms. The number of nitrogens with one attached hydrogen (secondary N) is 2. The summed E-state index contributed by atoms with van der Waals surface area (Å²) in [6.45, 7) is 5.42. The molecule has 4 rings (SSSR count). The van der Waals surface area contributed by atoms with Crippen molar-refractivity contribution in [3.05, 3.63) is 96.3 Å². The molecule has 0 saturated carbocycles. The lowest BCUT2D eigenvalue weighted by Crippen LogP contribution is -2.15. The van der Waals surface area contributed by atoms with Gasteiger partial charge in [-0.15, -0.1) is 0 Å². The fourth-order valence-electron chi connectivity index (χ4n) is 3.23. The van der Waals surface area contributed by atoms with E-state index in [1.807, 2.05) is 31.2 Å². The number of fused-ring (bicyclic) bond motifs is 1. The van der Waals surface area contributed by atoms with Crippen LogP contribution < -0.4 is 10.6 Å². The second-order valence-corrected chi connectivity index (χ2v) is 6.97. The van der Waals surface area contributed by atoms with E-state index >= 15 is 0 Å². The molecule has 0 atom stereocenters. The third-order valence-electron chi connectivity index (χ3n) is 4.70. The quantitative estimate of drug-likeness (QED) is 0.459. The summed E-state index contributed by atoms with van der Waals surface area (Å²) in [5.74, 6) is -0.850. The Bertz CT molecular complexity index is 1310. The van der Waals surface area contributed by atoms with Gasteiger partial charge in [-0.05, 0) is 73.2 Å². The first-order chi connectivity index (χ1) is 14.9. The summed E-state index contributed by atoms with van der Waals surface area (Å²) >= 11 is 0. The van der Waals surface area contributed by atoms with Gasteiger partial charge in [-0.3, -0.25) is 19.5 Å². The minimum atomic E-state index is -0.419. The predicted molar refractivity (Wildman–Crippen MR) is 119 cm³/mol. The van der Waals surface area contributed by atoms with Crippen LogP contribution >= 0.6 is 0 Å². The number of aryl methyl sites for hydroxylation is 1. The molecule has 2 amide bonds. The maximum atomic E-state index is 13.2. The van der Waals surface area contributed by atoms with E-state index in [-0.39, 0.29) is 5.91 Å². The molecular formula is C24H19FN4O2. The SMILES string of the molecule is C=CC(=O)Nc1cccc(-n2c(NC(=O)c3ccc(F)cc3)nc3cc(C)ccc32)c1. The molecule has 0 spiro atoms. The lowest BCUT2D eigenvalue weighted by Gasteiger charge is -2.12. The minimum absolute atomic E-state index is 0.308. The third kappa shape index (κ3) is 4.20. The monoisotopic (exact) mass is 414 g/mol. The fraction of sp³-hybridized carbons (Fsp3) is 0.0417. The van der Waals surface area contributed by atoms with E-state index in [1.54, 1.807) is 22.8 Å². The average Bonchev–Trinajstić information content (AvgIpc) is 3.11. The van der Waals surface area contributed by atoms with Crippen LogP contribution in [0, 0.1) is 12.7 Å². The predicted octanol–water partition coefficient (Wildman–Crippen LogP) is 4.85. The molecule has 3 aromatic carbocycles. The maximum absolute atomic E-state index is 13.2. The van der Waals surface area contributed by atoms with Crippen LogP contribution in [-0.2, 0) is 4.79 Å². The summed E-state index contributed by atoms with van der Waals surface area (Å²) in [6, 6.07) is 18.2. The van der Waals surface area contributed by atoms with Crippen molar-refractivity contribution >= 4 is 34.5 Å². The third-order valence-corrected chi connectivity index (χ3v) is 4.70. The van der Waals surface area contributed by atoms with E-state index in [0.29, 0.717) is 28.4 Å². The van der Waals surface area contributed by atoms with Crippen LogP contribution in [0.5, 0.6) is 0 Å². The van der Waals surface area contributed by atoms with E-state index in [1.165, 1.54) is 30.3 Å². The zero-order chi connectivity index (χ0) is 22.0. The second-order valence-electron chi connectivity index (χ2n) is 6.97. The lowest BCUT2D eigenvalue weighted by molar-refractivity contribution is -0.111. The standard InChI is InChI=1S/C24H19FN4O2/c1-3-22(30)26-18-5-4-6-19(14-18)29-21-12-7-15(2)13-20(21)27-24(29)28-23(31)16-8-10-17(25)11-9-16/h3-14H,1H2,2H3,(H,26,30)(H,27,28,31). The zero-order valence-corrected chi connectivity index (χ0v) is 16.7. The summed E-state index contributed by atoms with van der Waals surface area (Å²) in [5.41, 5.74) is 4.10. The van der Waals surface area contributed by atoms with Crippen molar-refractivity contribution in [2.75, 3.05) is 10.6 Å². The number of hydrogen-bond donors (Lipinski definition) is 2. The van der Waals surface area contributed by atoms with Crippen LogP contribution in [0.15, 0.2) is 79.4 Å². The lowest BCUT2D eigenvalue weighted by atomic mass is 10.2. The van der Waals surface area contributed by atoms with Gasteiger partial charge in [0.2, 0.25) is 11.9 Å². The highest BCUT2D eigenvalue weighted by molar-refractivity contribution is 6.04.